The Labute approximate surface area is 381 Å². The van der Waals surface area contributed by atoms with Gasteiger partial charge in [0.2, 0.25) is 17.7 Å². The predicted octanol–water partition coefficient (Wildman–Crippen LogP) is 2.95. The maximum Gasteiger partial charge on any atom is 0.407 e. The number of carbonyl (C=O) groups is 6. The molecule has 3 unspecified atom stereocenters. The largest absolute Gasteiger partial charge is 0.445 e. The van der Waals surface area contributed by atoms with Crippen LogP contribution in [0.25, 0.3) is 10.8 Å². The summed E-state index contributed by atoms with van der Waals surface area (Å²) in [7, 11) is 0. The Bertz CT molecular complexity index is 2460. The van der Waals surface area contributed by atoms with Gasteiger partial charge in [0, 0.05) is 25.1 Å². The van der Waals surface area contributed by atoms with Gasteiger partial charge in [-0.25, -0.2) is 14.3 Å². The van der Waals surface area contributed by atoms with Crippen molar-refractivity contribution in [2.45, 2.75) is 88.6 Å². The second-order valence-corrected chi connectivity index (χ2v) is 16.5. The second-order valence-electron chi connectivity index (χ2n) is 16.5. The van der Waals surface area contributed by atoms with Gasteiger partial charge in [0.1, 0.15) is 30.9 Å². The van der Waals surface area contributed by atoms with Gasteiger partial charge in [0.25, 0.3) is 5.91 Å². The number of nitrogens with one attached hydrogen (secondary N) is 4. The normalized spacial score (nSPS) is 16.1. The molecule has 1 aliphatic rings. The first kappa shape index (κ1) is 48.1. The van der Waals surface area contributed by atoms with Gasteiger partial charge in [0.15, 0.2) is 6.10 Å². The lowest BCUT2D eigenvalue weighted by Crippen LogP contribution is -2.58. The van der Waals surface area contributed by atoms with E-state index in [9.17, 15) is 39.0 Å². The average Bonchev–Trinajstić information content (AvgIpc) is 4.00. The first-order valence-electron chi connectivity index (χ1n) is 21.6. The molecule has 0 radical (unpaired) electrons. The highest BCUT2D eigenvalue weighted by molar-refractivity contribution is 6.01. The van der Waals surface area contributed by atoms with Crippen LogP contribution in [0.1, 0.15) is 72.8 Å². The highest BCUT2D eigenvalue weighted by Crippen LogP contribution is 2.32. The average molecular weight is 906 g/mol. The molecular formula is C47H55N9O10. The molecule has 0 spiro atoms. The van der Waals surface area contributed by atoms with Crippen LogP contribution in [0.2, 0.25) is 0 Å². The van der Waals surface area contributed by atoms with Gasteiger partial charge in [-0.2, -0.15) is 0 Å². The Hall–Kier alpha value is -7.38. The minimum absolute atomic E-state index is 0.0477. The van der Waals surface area contributed by atoms with Crippen LogP contribution in [0, 0.1) is 0 Å². The van der Waals surface area contributed by atoms with Crippen LogP contribution in [0.5, 0.6) is 0 Å². The summed E-state index contributed by atoms with van der Waals surface area (Å²) in [5.41, 5.74) is 6.14. The molecule has 66 heavy (non-hydrogen) atoms. The van der Waals surface area contributed by atoms with Gasteiger partial charge >= 0.3 is 12.2 Å². The van der Waals surface area contributed by atoms with Gasteiger partial charge in [-0.05, 0) is 67.1 Å². The third-order valence-corrected chi connectivity index (χ3v) is 11.1. The number of carbonyl (C=O) groups excluding carboxylic acids is 6. The number of nitrogens with zero attached hydrogens (tertiary/aromatic N) is 4. The van der Waals surface area contributed by atoms with Crippen LogP contribution >= 0.6 is 0 Å². The monoisotopic (exact) mass is 905 g/mol. The number of hydrogen-bond acceptors (Lipinski definition) is 12. The summed E-state index contributed by atoms with van der Waals surface area (Å²) in [5.74, 6) is -3.27. The number of nitrogens with two attached hydrogens (primary N) is 1. The minimum atomic E-state index is -1.82. The molecule has 1 aliphatic heterocycles. The summed E-state index contributed by atoms with van der Waals surface area (Å²) in [6.07, 6.45) is -1.29. The van der Waals surface area contributed by atoms with E-state index in [-0.39, 0.29) is 44.7 Å². The third kappa shape index (κ3) is 13.1. The summed E-state index contributed by atoms with van der Waals surface area (Å²) in [4.78, 5) is 82.0. The van der Waals surface area contributed by atoms with Crippen molar-refractivity contribution in [1.82, 2.24) is 41.2 Å². The number of aromatic nitrogens is 3. The predicted molar refractivity (Wildman–Crippen MR) is 240 cm³/mol. The van der Waals surface area contributed by atoms with Crippen LogP contribution in [0.4, 0.5) is 9.59 Å². The number of benzene rings is 4. The molecular weight excluding hydrogens is 851 g/mol. The molecule has 4 aromatic carbocycles. The quantitative estimate of drug-likeness (QED) is 0.0556. The molecule has 348 valence electrons. The molecule has 0 saturated carbocycles. The molecule has 0 bridgehead atoms. The molecule has 2 heterocycles. The fraction of sp³-hybridized carbons (Fsp3) is 0.362. The van der Waals surface area contributed by atoms with Crippen molar-refractivity contribution in [2.24, 2.45) is 5.73 Å². The summed E-state index contributed by atoms with van der Waals surface area (Å²) < 4.78 is 12.0. The van der Waals surface area contributed by atoms with Crippen molar-refractivity contribution >= 4 is 46.6 Å². The number of fused-ring (bicyclic) bond motifs is 1. The van der Waals surface area contributed by atoms with Crippen molar-refractivity contribution in [3.05, 3.63) is 132 Å². The zero-order chi connectivity index (χ0) is 47.2. The van der Waals surface area contributed by atoms with Gasteiger partial charge in [-0.3, -0.25) is 19.2 Å². The van der Waals surface area contributed by atoms with Crippen LogP contribution in [-0.4, -0.2) is 110 Å². The van der Waals surface area contributed by atoms with Crippen molar-refractivity contribution in [3.8, 4) is 0 Å². The number of likely N-dealkylation sites (tertiary alicyclic amines) is 1. The van der Waals surface area contributed by atoms with E-state index in [0.717, 1.165) is 21.9 Å². The number of primary amides is 1. The van der Waals surface area contributed by atoms with Crippen LogP contribution < -0.4 is 27.0 Å². The maximum atomic E-state index is 14.9. The Kier molecular flexibility index (Phi) is 16.4. The summed E-state index contributed by atoms with van der Waals surface area (Å²) in [6.45, 7) is 2.65. The van der Waals surface area contributed by atoms with Gasteiger partial charge < -0.3 is 51.6 Å². The van der Waals surface area contributed by atoms with Crippen molar-refractivity contribution in [3.63, 3.8) is 0 Å². The molecule has 5 atom stereocenters. The van der Waals surface area contributed by atoms with E-state index in [4.69, 9.17) is 15.2 Å². The van der Waals surface area contributed by atoms with Gasteiger partial charge in [-0.1, -0.05) is 96.2 Å². The maximum absolute atomic E-state index is 14.9. The van der Waals surface area contributed by atoms with Crippen LogP contribution in [0.15, 0.2) is 109 Å². The molecule has 6 rings (SSSR count). The standard InChI is InChI=1S/C47H55N9O10/c1-47(2,64)39-26-51-54-56(39)35-24-38(43(60)52-36(40(57)41(48)58)19-11-12-22-49-45(62)65-28-30-13-5-3-6-14-30)55(27-35)44(61)37(25-50-46(63)66-29-31-15-7-4-8-16-31)53-42(59)34-21-20-32-17-9-10-18-33(32)23-34/h3-10,13-18,20-21,23,26,35-38,40,57,64H,11-12,19,22,24-25,27-29H2,1-2H3,(H2,48,58)(H,49,62)(H,50,63)(H,52,60)(H,53,59)/t35-,36?,37?,38-,40?/m0/s1. The van der Waals surface area contributed by atoms with Crippen LogP contribution in [0.3, 0.4) is 0 Å². The summed E-state index contributed by atoms with van der Waals surface area (Å²) >= 11 is 0. The molecule has 1 saturated heterocycles. The van der Waals surface area contributed by atoms with E-state index in [2.05, 4.69) is 31.6 Å². The molecule has 1 fully saturated rings. The molecule has 1 aromatic heterocycles. The number of alkyl carbamates (subject to hydrolysis) is 2. The Morgan fingerprint density at radius 1 is 0.818 bits per heavy atom. The lowest BCUT2D eigenvalue weighted by molar-refractivity contribution is -0.141. The molecule has 19 heteroatoms. The fourth-order valence-electron chi connectivity index (χ4n) is 7.61. The Balaban J connectivity index is 1.20. The topological polar surface area (TPSA) is 269 Å². The smallest absolute Gasteiger partial charge is 0.407 e. The molecule has 6 amide bonds. The van der Waals surface area contributed by atoms with E-state index < -0.39 is 78.2 Å². The van der Waals surface area contributed by atoms with Crippen molar-refractivity contribution in [1.29, 1.82) is 0 Å². The first-order valence-corrected chi connectivity index (χ1v) is 21.6. The number of ether oxygens (including phenoxy) is 2. The molecule has 5 aromatic rings. The first-order chi connectivity index (χ1) is 31.7. The third-order valence-electron chi connectivity index (χ3n) is 11.1. The lowest BCUT2D eigenvalue weighted by atomic mass is 10.0. The highest BCUT2D eigenvalue weighted by atomic mass is 16.6. The highest BCUT2D eigenvalue weighted by Gasteiger charge is 2.45. The molecule has 19 nitrogen and oxygen atoms in total. The minimum Gasteiger partial charge on any atom is -0.445 e. The number of aliphatic hydroxyl groups is 2. The Morgan fingerprint density at radius 3 is 2.08 bits per heavy atom. The van der Waals surface area contributed by atoms with Crippen LogP contribution in [-0.2, 0) is 42.7 Å². The zero-order valence-electron chi connectivity index (χ0n) is 36.7. The van der Waals surface area contributed by atoms with Crippen molar-refractivity contribution < 1.29 is 48.5 Å². The van der Waals surface area contributed by atoms with E-state index in [1.165, 1.54) is 29.6 Å². The van der Waals surface area contributed by atoms with E-state index in [1.807, 2.05) is 60.7 Å². The summed E-state index contributed by atoms with van der Waals surface area (Å²) in [6, 6.07) is 25.8. The number of rotatable bonds is 20. The fourth-order valence-corrected chi connectivity index (χ4v) is 7.61. The SMILES string of the molecule is CC(C)(O)c1cnnn1[C@H]1C[C@@H](C(=O)NC(CCCCNC(=O)OCc2ccccc2)C(O)C(N)=O)N(C(=O)C(CNC(=O)OCc2ccccc2)NC(=O)c2ccc3ccccc3c2)C1. The van der Waals surface area contributed by atoms with E-state index >= 15 is 0 Å². The number of amides is 6. The second kappa shape index (κ2) is 22.5. The molecule has 0 aliphatic carbocycles. The van der Waals surface area contributed by atoms with E-state index in [1.54, 1.807) is 42.5 Å². The van der Waals surface area contributed by atoms with E-state index in [0.29, 0.717) is 18.5 Å². The Morgan fingerprint density at radius 2 is 1.44 bits per heavy atom. The van der Waals surface area contributed by atoms with Crippen molar-refractivity contribution in [2.75, 3.05) is 19.6 Å². The number of aliphatic hydroxyl groups excluding tert-OH is 1. The summed E-state index contributed by atoms with van der Waals surface area (Å²) in [5, 5.41) is 42.3. The zero-order valence-corrected chi connectivity index (χ0v) is 36.7. The van der Waals surface area contributed by atoms with Gasteiger partial charge in [0.05, 0.1) is 30.5 Å². The number of unbranched alkanes of at least 4 members (excludes halogenated alkanes) is 1. The van der Waals surface area contributed by atoms with Gasteiger partial charge in [-0.15, -0.1) is 5.10 Å². The molecule has 8 N–H and O–H groups in total. The number of hydrogen-bond donors (Lipinski definition) is 7. The lowest BCUT2D eigenvalue weighted by Gasteiger charge is -2.30.